The molecule has 0 spiro atoms. The van der Waals surface area contributed by atoms with Gasteiger partial charge in [0.15, 0.2) is 11.7 Å². The quantitative estimate of drug-likeness (QED) is 0.248. The molecule has 21 heavy (non-hydrogen) atoms. The van der Waals surface area contributed by atoms with Crippen LogP contribution < -0.4 is 0 Å². The van der Waals surface area contributed by atoms with Gasteiger partial charge in [0.2, 0.25) is 0 Å². The van der Waals surface area contributed by atoms with Gasteiger partial charge in [-0.25, -0.2) is 4.89 Å². The second-order valence-corrected chi connectivity index (χ2v) is 4.19. The van der Waals surface area contributed by atoms with Crippen LogP contribution in [0, 0.1) is 5.41 Å². The van der Waals surface area contributed by atoms with Gasteiger partial charge in [-0.2, -0.15) is 4.89 Å². The van der Waals surface area contributed by atoms with Gasteiger partial charge >= 0.3 is 5.97 Å². The average Bonchev–Trinajstić information content (AvgIpc) is 2.47. The van der Waals surface area contributed by atoms with Crippen molar-refractivity contribution in [2.75, 3.05) is 39.6 Å². The van der Waals surface area contributed by atoms with Gasteiger partial charge in [-0.3, -0.25) is 0 Å². The normalized spacial score (nSPS) is 14.4. The van der Waals surface area contributed by atoms with Gasteiger partial charge in [0.05, 0.1) is 19.8 Å². The highest BCUT2D eigenvalue weighted by Gasteiger charge is 2.61. The fourth-order valence-corrected chi connectivity index (χ4v) is 1.85. The van der Waals surface area contributed by atoms with Crippen LogP contribution in [0.25, 0.3) is 0 Å². The first-order valence-electron chi connectivity index (χ1n) is 7.13. The minimum absolute atomic E-state index is 0.133. The van der Waals surface area contributed by atoms with E-state index in [2.05, 4.69) is 0 Å². The number of rotatable bonds is 13. The maximum absolute atomic E-state index is 10.2. The molecule has 0 saturated heterocycles. The first-order chi connectivity index (χ1) is 10.0. The van der Waals surface area contributed by atoms with Crippen molar-refractivity contribution in [3.8, 4) is 0 Å². The molecule has 0 fully saturated rings. The summed E-state index contributed by atoms with van der Waals surface area (Å²) >= 11 is 0. The van der Waals surface area contributed by atoms with Crippen LogP contribution in [0.1, 0.15) is 27.7 Å². The van der Waals surface area contributed by atoms with E-state index in [0.717, 1.165) is 0 Å². The zero-order chi connectivity index (χ0) is 16.4. The van der Waals surface area contributed by atoms with Crippen LogP contribution in [0.4, 0.5) is 0 Å². The zero-order valence-electron chi connectivity index (χ0n) is 13.2. The van der Waals surface area contributed by atoms with Crippen molar-refractivity contribution in [3.05, 3.63) is 0 Å². The largest absolute Gasteiger partial charge is 0.395 e. The van der Waals surface area contributed by atoms with Crippen LogP contribution in [0.5, 0.6) is 0 Å². The van der Waals surface area contributed by atoms with Crippen molar-refractivity contribution >= 4 is 0 Å². The minimum Gasteiger partial charge on any atom is -0.395 e. The standard InChI is InChI=1S/C13H28O8/c1-5-17-11(16)12(9-14,10-15)13(18-6-2,19-7-3)21-20-8-4/h11,14-16H,5-10H2,1-4H3. The Morgan fingerprint density at radius 3 is 1.71 bits per heavy atom. The molecule has 0 aromatic carbocycles. The van der Waals surface area contributed by atoms with Crippen molar-refractivity contribution in [2.24, 2.45) is 5.41 Å². The van der Waals surface area contributed by atoms with Gasteiger partial charge in [0.25, 0.3) is 0 Å². The maximum Gasteiger partial charge on any atom is 0.327 e. The van der Waals surface area contributed by atoms with Crippen LogP contribution in [0.2, 0.25) is 0 Å². The molecule has 0 heterocycles. The van der Waals surface area contributed by atoms with E-state index in [1.165, 1.54) is 0 Å². The fourth-order valence-electron chi connectivity index (χ4n) is 1.85. The summed E-state index contributed by atoms with van der Waals surface area (Å²) in [5.41, 5.74) is -1.79. The highest BCUT2D eigenvalue weighted by atomic mass is 17.3. The van der Waals surface area contributed by atoms with Gasteiger partial charge in [0.1, 0.15) is 0 Å². The molecule has 1 atom stereocenters. The van der Waals surface area contributed by atoms with Crippen molar-refractivity contribution in [1.29, 1.82) is 0 Å². The van der Waals surface area contributed by atoms with Crippen molar-refractivity contribution in [1.82, 2.24) is 0 Å². The Balaban J connectivity index is 5.71. The monoisotopic (exact) mass is 312 g/mol. The first kappa shape index (κ1) is 20.7. The molecular formula is C13H28O8. The maximum atomic E-state index is 10.2. The lowest BCUT2D eigenvalue weighted by Crippen LogP contribution is -2.64. The van der Waals surface area contributed by atoms with E-state index in [-0.39, 0.29) is 26.4 Å². The molecule has 0 aromatic heterocycles. The summed E-state index contributed by atoms with van der Waals surface area (Å²) in [5, 5.41) is 29.7. The minimum atomic E-state index is -2.01. The van der Waals surface area contributed by atoms with Crippen molar-refractivity contribution in [2.45, 2.75) is 40.0 Å². The summed E-state index contributed by atoms with van der Waals surface area (Å²) in [4.78, 5) is 10.1. The Hall–Kier alpha value is -0.320. The van der Waals surface area contributed by atoms with Gasteiger partial charge in [-0.15, -0.1) is 0 Å². The Bertz CT molecular complexity index is 251. The summed E-state index contributed by atoms with van der Waals surface area (Å²) in [6, 6.07) is 0. The van der Waals surface area contributed by atoms with Crippen LogP contribution in [-0.4, -0.2) is 67.2 Å². The predicted molar refractivity (Wildman–Crippen MR) is 72.9 cm³/mol. The number of hydrogen-bond donors (Lipinski definition) is 3. The molecule has 0 bridgehead atoms. The Labute approximate surface area is 125 Å². The van der Waals surface area contributed by atoms with Gasteiger partial charge in [0, 0.05) is 19.8 Å². The molecule has 0 aliphatic rings. The average molecular weight is 312 g/mol. The molecule has 0 aliphatic carbocycles. The molecule has 128 valence electrons. The first-order valence-corrected chi connectivity index (χ1v) is 7.13. The third-order valence-corrected chi connectivity index (χ3v) is 2.93. The molecule has 8 heteroatoms. The van der Waals surface area contributed by atoms with Crippen molar-refractivity contribution < 1.29 is 39.3 Å². The molecule has 0 rings (SSSR count). The van der Waals surface area contributed by atoms with E-state index in [9.17, 15) is 15.3 Å². The smallest absolute Gasteiger partial charge is 0.327 e. The number of ether oxygens (including phenoxy) is 3. The summed E-state index contributed by atoms with van der Waals surface area (Å²) in [7, 11) is 0. The second kappa shape index (κ2) is 10.4. The lowest BCUT2D eigenvalue weighted by Gasteiger charge is -2.46. The lowest BCUT2D eigenvalue weighted by atomic mass is 9.85. The number of hydrogen-bond acceptors (Lipinski definition) is 8. The van der Waals surface area contributed by atoms with E-state index < -0.39 is 30.9 Å². The third kappa shape index (κ3) is 4.57. The lowest BCUT2D eigenvalue weighted by molar-refractivity contribution is -0.553. The summed E-state index contributed by atoms with van der Waals surface area (Å²) in [6.07, 6.45) is -1.59. The Morgan fingerprint density at radius 2 is 1.38 bits per heavy atom. The molecule has 1 unspecified atom stereocenters. The highest BCUT2D eigenvalue weighted by molar-refractivity contribution is 4.90. The molecule has 0 aromatic rings. The van der Waals surface area contributed by atoms with Crippen LogP contribution in [0.15, 0.2) is 0 Å². The Morgan fingerprint density at radius 1 is 0.857 bits per heavy atom. The van der Waals surface area contributed by atoms with Crippen LogP contribution in [0.3, 0.4) is 0 Å². The highest BCUT2D eigenvalue weighted by Crippen LogP contribution is 2.40. The summed E-state index contributed by atoms with van der Waals surface area (Å²) < 4.78 is 16.0. The number of aliphatic hydroxyl groups excluding tert-OH is 3. The van der Waals surface area contributed by atoms with Crippen LogP contribution in [-0.2, 0) is 24.0 Å². The molecular weight excluding hydrogens is 284 g/mol. The topological polar surface area (TPSA) is 107 Å². The van der Waals surface area contributed by atoms with E-state index in [4.69, 9.17) is 24.0 Å². The molecule has 8 nitrogen and oxygen atoms in total. The van der Waals surface area contributed by atoms with Gasteiger partial charge in [-0.05, 0) is 27.7 Å². The SMILES string of the molecule is CCOOC(OCC)(OCC)C(CO)(CO)C(O)OCC. The van der Waals surface area contributed by atoms with E-state index in [1.807, 2.05) is 0 Å². The molecule has 0 aliphatic heterocycles. The van der Waals surface area contributed by atoms with Crippen LogP contribution >= 0.6 is 0 Å². The van der Waals surface area contributed by atoms with Gasteiger partial charge in [-0.1, -0.05) is 0 Å². The van der Waals surface area contributed by atoms with E-state index in [0.29, 0.717) is 0 Å². The molecule has 3 N–H and O–H groups in total. The Kier molecular flexibility index (Phi) is 10.3. The zero-order valence-corrected chi connectivity index (χ0v) is 13.2. The molecule has 0 amide bonds. The van der Waals surface area contributed by atoms with Crippen molar-refractivity contribution in [3.63, 3.8) is 0 Å². The fraction of sp³-hybridized carbons (Fsp3) is 1.00. The molecule has 0 saturated carbocycles. The van der Waals surface area contributed by atoms with E-state index >= 15 is 0 Å². The molecule has 0 radical (unpaired) electrons. The number of aliphatic hydroxyl groups is 3. The summed E-state index contributed by atoms with van der Waals surface area (Å²) in [5.74, 6) is -2.01. The predicted octanol–water partition coefficient (Wildman–Crippen LogP) is 0.00720. The second-order valence-electron chi connectivity index (χ2n) is 4.19. The van der Waals surface area contributed by atoms with E-state index in [1.54, 1.807) is 27.7 Å². The summed E-state index contributed by atoms with van der Waals surface area (Å²) in [6.45, 7) is 5.88. The van der Waals surface area contributed by atoms with Gasteiger partial charge < -0.3 is 29.5 Å². The third-order valence-electron chi connectivity index (χ3n) is 2.93.